The topological polar surface area (TPSA) is 67.6 Å². The van der Waals surface area contributed by atoms with Gasteiger partial charge in [0.2, 0.25) is 0 Å². The van der Waals surface area contributed by atoms with E-state index in [9.17, 15) is 9.18 Å². The van der Waals surface area contributed by atoms with Crippen molar-refractivity contribution in [1.29, 1.82) is 0 Å². The molecule has 2 heterocycles. The summed E-state index contributed by atoms with van der Waals surface area (Å²) in [6.07, 6.45) is 4.14. The maximum absolute atomic E-state index is 13.5. The number of carbonyl (C=O) groups excluding carboxylic acids is 1. The van der Waals surface area contributed by atoms with Crippen LogP contribution < -0.4 is 11.1 Å². The van der Waals surface area contributed by atoms with Crippen LogP contribution in [0.4, 0.5) is 4.39 Å². The maximum Gasteiger partial charge on any atom is 0.252 e. The predicted molar refractivity (Wildman–Crippen MR) is 113 cm³/mol. The van der Waals surface area contributed by atoms with E-state index in [0.717, 1.165) is 23.3 Å². The lowest BCUT2D eigenvalue weighted by atomic mass is 9.87. The first kappa shape index (κ1) is 21.4. The minimum Gasteiger partial charge on any atom is -0.367 e. The molecule has 3 N–H and O–H groups in total. The molecule has 156 valence electrons. The van der Waals surface area contributed by atoms with E-state index in [1.165, 1.54) is 12.1 Å². The highest BCUT2D eigenvalue weighted by atomic mass is 19.1. The van der Waals surface area contributed by atoms with Crippen LogP contribution in [-0.4, -0.2) is 48.7 Å². The fourth-order valence-corrected chi connectivity index (χ4v) is 4.21. The lowest BCUT2D eigenvalue weighted by Gasteiger charge is -2.42. The van der Waals surface area contributed by atoms with E-state index < -0.39 is 6.10 Å². The lowest BCUT2D eigenvalue weighted by Crippen LogP contribution is -2.57. The van der Waals surface area contributed by atoms with E-state index in [-0.39, 0.29) is 29.8 Å². The second kappa shape index (κ2) is 9.48. The third kappa shape index (κ3) is 4.50. The van der Waals surface area contributed by atoms with Crippen LogP contribution in [0.2, 0.25) is 0 Å². The van der Waals surface area contributed by atoms with E-state index in [2.05, 4.69) is 18.5 Å². The molecular formula is C23H30FN3O2. The molecule has 2 aliphatic heterocycles. The zero-order valence-electron chi connectivity index (χ0n) is 16.9. The number of allylic oxidation sites excluding steroid dienone is 1. The number of ether oxygens (including phenoxy) is 1. The van der Waals surface area contributed by atoms with Crippen molar-refractivity contribution >= 4 is 5.91 Å². The summed E-state index contributed by atoms with van der Waals surface area (Å²) in [6, 6.07) is 5.80. The number of amides is 1. The number of carbonyl (C=O) groups is 1. The predicted octanol–water partition coefficient (Wildman–Crippen LogP) is 2.86. The van der Waals surface area contributed by atoms with Crippen molar-refractivity contribution in [2.24, 2.45) is 5.73 Å². The van der Waals surface area contributed by atoms with Gasteiger partial charge in [0.05, 0.1) is 12.6 Å². The van der Waals surface area contributed by atoms with Gasteiger partial charge in [-0.2, -0.15) is 0 Å². The van der Waals surface area contributed by atoms with Gasteiger partial charge in [-0.05, 0) is 48.2 Å². The van der Waals surface area contributed by atoms with Gasteiger partial charge in [0.15, 0.2) is 0 Å². The van der Waals surface area contributed by atoms with Crippen LogP contribution in [0.5, 0.6) is 0 Å². The largest absolute Gasteiger partial charge is 0.367 e. The first-order valence-corrected chi connectivity index (χ1v) is 10.1. The quantitative estimate of drug-likeness (QED) is 0.772. The minimum absolute atomic E-state index is 0.0503. The molecule has 1 unspecified atom stereocenters. The number of benzene rings is 1. The van der Waals surface area contributed by atoms with Crippen LogP contribution in [0.1, 0.15) is 31.4 Å². The Bertz CT molecular complexity index is 790. The van der Waals surface area contributed by atoms with Crippen molar-refractivity contribution in [1.82, 2.24) is 10.2 Å². The Balaban J connectivity index is 1.89. The fraction of sp³-hybridized carbons (Fsp3) is 0.435. The molecule has 1 amide bonds. The normalized spacial score (nSPS) is 27.6. The molecule has 2 aliphatic rings. The molecule has 1 aromatic rings. The molecule has 0 spiro atoms. The molecule has 0 aromatic heterocycles. The molecule has 6 heteroatoms. The minimum atomic E-state index is -0.584. The summed E-state index contributed by atoms with van der Waals surface area (Å²) in [6.45, 7) is 11.6. The van der Waals surface area contributed by atoms with Crippen LogP contribution in [0.25, 0.3) is 0 Å². The standard InChI is InChI=1S/C23H30FN3O2/c1-4-15-11-12-27(22(18(15)5-2)16-7-9-17(24)10-8-16)23(28)21-13-19(25)20(14-29-21)26-6-3/h4-5,7-10,19-22,26H,1-2,6,11-14,25H2,3H3/t19-,20?,21+,22-/m0/s1. The number of hydrogen-bond donors (Lipinski definition) is 2. The molecule has 0 aliphatic carbocycles. The Kier molecular flexibility index (Phi) is 7.00. The van der Waals surface area contributed by atoms with E-state index in [4.69, 9.17) is 10.5 Å². The van der Waals surface area contributed by atoms with Crippen LogP contribution in [-0.2, 0) is 9.53 Å². The lowest BCUT2D eigenvalue weighted by molar-refractivity contribution is -0.150. The first-order valence-electron chi connectivity index (χ1n) is 10.1. The van der Waals surface area contributed by atoms with Gasteiger partial charge in [0.1, 0.15) is 11.9 Å². The molecule has 1 aromatic carbocycles. The average Bonchev–Trinajstić information content (AvgIpc) is 2.74. The number of nitrogens with two attached hydrogens (primary N) is 1. The molecule has 0 bridgehead atoms. The first-order chi connectivity index (χ1) is 14.0. The summed E-state index contributed by atoms with van der Waals surface area (Å²) in [7, 11) is 0. The number of likely N-dealkylation sites (N-methyl/N-ethyl adjacent to an activating group) is 1. The van der Waals surface area contributed by atoms with Crippen molar-refractivity contribution in [2.75, 3.05) is 19.7 Å². The molecular weight excluding hydrogens is 369 g/mol. The molecule has 0 saturated carbocycles. The Morgan fingerprint density at radius 2 is 2.07 bits per heavy atom. The SMILES string of the molecule is C=CC1=C(C=C)[C@H](c2ccc(F)cc2)N(C(=O)[C@H]2C[C@H](N)C(NCC)CO2)CC1. The van der Waals surface area contributed by atoms with Gasteiger partial charge in [0, 0.05) is 18.6 Å². The third-order valence-electron chi connectivity index (χ3n) is 5.76. The van der Waals surface area contributed by atoms with Crippen LogP contribution in [0.3, 0.4) is 0 Å². The summed E-state index contributed by atoms with van der Waals surface area (Å²) in [4.78, 5) is 15.2. The van der Waals surface area contributed by atoms with Gasteiger partial charge >= 0.3 is 0 Å². The van der Waals surface area contributed by atoms with Gasteiger partial charge < -0.3 is 20.7 Å². The average molecular weight is 400 g/mol. The second-order valence-electron chi connectivity index (χ2n) is 7.51. The molecule has 4 atom stereocenters. The maximum atomic E-state index is 13.5. The third-order valence-corrected chi connectivity index (χ3v) is 5.76. The number of hydrogen-bond acceptors (Lipinski definition) is 4. The summed E-state index contributed by atoms with van der Waals surface area (Å²) in [5.74, 6) is -0.404. The Morgan fingerprint density at radius 3 is 2.66 bits per heavy atom. The van der Waals surface area contributed by atoms with E-state index in [1.54, 1.807) is 18.2 Å². The monoisotopic (exact) mass is 399 g/mol. The van der Waals surface area contributed by atoms with Crippen molar-refractivity contribution in [2.45, 2.75) is 44.0 Å². The van der Waals surface area contributed by atoms with Gasteiger partial charge in [-0.15, -0.1) is 0 Å². The Morgan fingerprint density at radius 1 is 1.34 bits per heavy atom. The highest BCUT2D eigenvalue weighted by Gasteiger charge is 2.39. The summed E-state index contributed by atoms with van der Waals surface area (Å²) < 4.78 is 19.4. The molecule has 1 saturated heterocycles. The van der Waals surface area contributed by atoms with Gasteiger partial charge in [-0.1, -0.05) is 44.4 Å². The molecule has 3 rings (SSSR count). The van der Waals surface area contributed by atoms with E-state index in [0.29, 0.717) is 26.0 Å². The van der Waals surface area contributed by atoms with Crippen molar-refractivity contribution in [3.8, 4) is 0 Å². The van der Waals surface area contributed by atoms with E-state index >= 15 is 0 Å². The van der Waals surface area contributed by atoms with Crippen LogP contribution in [0.15, 0.2) is 60.7 Å². The number of nitrogens with zero attached hydrogens (tertiary/aromatic N) is 1. The van der Waals surface area contributed by atoms with Crippen molar-refractivity contribution in [3.05, 3.63) is 72.1 Å². The Hall–Kier alpha value is -2.28. The second-order valence-corrected chi connectivity index (χ2v) is 7.51. The fourth-order valence-electron chi connectivity index (χ4n) is 4.21. The zero-order chi connectivity index (χ0) is 21.0. The van der Waals surface area contributed by atoms with Gasteiger partial charge in [-0.3, -0.25) is 4.79 Å². The molecule has 29 heavy (non-hydrogen) atoms. The summed E-state index contributed by atoms with van der Waals surface area (Å²) in [5, 5.41) is 3.30. The van der Waals surface area contributed by atoms with Gasteiger partial charge in [0.25, 0.3) is 5.91 Å². The van der Waals surface area contributed by atoms with Crippen LogP contribution in [0, 0.1) is 5.82 Å². The zero-order valence-corrected chi connectivity index (χ0v) is 16.9. The molecule has 1 fully saturated rings. The van der Waals surface area contributed by atoms with Crippen molar-refractivity contribution in [3.63, 3.8) is 0 Å². The highest BCUT2D eigenvalue weighted by molar-refractivity contribution is 5.82. The smallest absolute Gasteiger partial charge is 0.252 e. The number of rotatable bonds is 6. The number of halogens is 1. The molecule has 0 radical (unpaired) electrons. The van der Waals surface area contributed by atoms with E-state index in [1.807, 2.05) is 17.9 Å². The highest BCUT2D eigenvalue weighted by Crippen LogP contribution is 2.38. The van der Waals surface area contributed by atoms with Crippen molar-refractivity contribution < 1.29 is 13.9 Å². The Labute approximate surface area is 172 Å². The summed E-state index contributed by atoms with van der Waals surface area (Å²) >= 11 is 0. The van der Waals surface area contributed by atoms with Crippen LogP contribution >= 0.6 is 0 Å². The number of nitrogens with one attached hydrogen (secondary N) is 1. The molecule has 5 nitrogen and oxygen atoms in total. The summed E-state index contributed by atoms with van der Waals surface area (Å²) in [5.41, 5.74) is 9.08. The van der Waals surface area contributed by atoms with Gasteiger partial charge in [-0.25, -0.2) is 4.39 Å².